The molecule has 0 aliphatic rings. The highest BCUT2D eigenvalue weighted by Gasteiger charge is 2.15. The van der Waals surface area contributed by atoms with Crippen LogP contribution in [0.4, 0.5) is 0 Å². The molecular weight excluding hydrogens is 652 g/mol. The third-order valence-corrected chi connectivity index (χ3v) is 10.1. The molecule has 2 atom stereocenters. The predicted octanol–water partition coefficient (Wildman–Crippen LogP) is 11.5. The van der Waals surface area contributed by atoms with Gasteiger partial charge in [-0.2, -0.15) is 0 Å². The normalized spacial score (nSPS) is 12.6. The number of carbonyl (C=O) groups excluding carboxylic acids is 3. The van der Waals surface area contributed by atoms with Crippen molar-refractivity contribution in [1.29, 1.82) is 0 Å². The maximum atomic E-state index is 12.6. The van der Waals surface area contributed by atoms with Crippen molar-refractivity contribution in [2.75, 3.05) is 39.9 Å². The van der Waals surface area contributed by atoms with E-state index in [0.717, 1.165) is 122 Å². The van der Waals surface area contributed by atoms with Crippen LogP contribution in [0.25, 0.3) is 0 Å². The molecule has 310 valence electrons. The first-order valence-electron chi connectivity index (χ1n) is 22.3. The number of nitrogens with one attached hydrogen (secondary N) is 1. The third-order valence-electron chi connectivity index (χ3n) is 10.1. The van der Waals surface area contributed by atoms with Gasteiger partial charge < -0.3 is 24.4 Å². The fourth-order valence-electron chi connectivity index (χ4n) is 6.81. The minimum Gasteiger partial charge on any atom is -0.462 e. The molecule has 0 aliphatic carbocycles. The molecule has 0 fully saturated rings. The van der Waals surface area contributed by atoms with E-state index < -0.39 is 0 Å². The summed E-state index contributed by atoms with van der Waals surface area (Å²) < 4.78 is 16.6. The zero-order chi connectivity index (χ0) is 38.3. The highest BCUT2D eigenvalue weighted by atomic mass is 16.5. The van der Waals surface area contributed by atoms with Gasteiger partial charge in [0.25, 0.3) is 0 Å². The number of methoxy groups -OCH3 is 1. The summed E-state index contributed by atoms with van der Waals surface area (Å²) in [4.78, 5) is 39.3. The average Bonchev–Trinajstić information content (AvgIpc) is 3.13. The van der Waals surface area contributed by atoms with Gasteiger partial charge in [-0.25, -0.2) is 0 Å². The molecule has 0 heterocycles. The highest BCUT2D eigenvalue weighted by Crippen LogP contribution is 2.18. The van der Waals surface area contributed by atoms with Gasteiger partial charge >= 0.3 is 11.9 Å². The first-order valence-corrected chi connectivity index (χ1v) is 22.3. The van der Waals surface area contributed by atoms with Crippen LogP contribution in [0.1, 0.15) is 215 Å². The summed E-state index contributed by atoms with van der Waals surface area (Å²) in [5, 5.41) is 2.94. The van der Waals surface area contributed by atoms with Crippen molar-refractivity contribution < 1.29 is 30.0 Å². The van der Waals surface area contributed by atoms with Gasteiger partial charge in [0.05, 0.1) is 0 Å². The maximum absolute atomic E-state index is 12.6. The van der Waals surface area contributed by atoms with Crippen molar-refractivity contribution in [2.45, 2.75) is 226 Å². The lowest BCUT2D eigenvalue weighted by atomic mass is 10.0. The van der Waals surface area contributed by atoms with Crippen molar-refractivity contribution in [1.82, 2.24) is 10.2 Å². The molecule has 0 aliphatic heterocycles. The molecule has 0 spiro atoms. The Hall–Kier alpha value is -1.67. The smallest absolute Gasteiger partial charge is 0.306 e. The van der Waals surface area contributed by atoms with Crippen molar-refractivity contribution in [3.05, 3.63) is 0 Å². The highest BCUT2D eigenvalue weighted by molar-refractivity contribution is 5.77. The minimum absolute atomic E-state index is 0. The number of amides is 1. The first kappa shape index (κ1) is 50.3. The molecule has 8 heteroatoms. The number of esters is 2. The Labute approximate surface area is 323 Å². The fraction of sp³-hybridized carbons (Fsp3) is 0.932. The van der Waals surface area contributed by atoms with Gasteiger partial charge in [-0.05, 0) is 96.7 Å². The van der Waals surface area contributed by atoms with E-state index in [1.54, 1.807) is 7.11 Å². The van der Waals surface area contributed by atoms with E-state index in [4.69, 9.17) is 14.2 Å². The van der Waals surface area contributed by atoms with Gasteiger partial charge in [0.2, 0.25) is 5.91 Å². The van der Waals surface area contributed by atoms with Crippen molar-refractivity contribution >= 4 is 17.8 Å². The van der Waals surface area contributed by atoms with Crippen LogP contribution in [-0.4, -0.2) is 74.8 Å². The number of nitrogens with zero attached hydrogens (tertiary/aromatic N) is 1. The Kier molecular flexibility index (Phi) is 37.8. The van der Waals surface area contributed by atoms with Gasteiger partial charge in [-0.3, -0.25) is 14.4 Å². The molecule has 1 amide bonds. The van der Waals surface area contributed by atoms with Crippen LogP contribution in [0, 0.1) is 0 Å². The summed E-state index contributed by atoms with van der Waals surface area (Å²) in [5.41, 5.74) is 0. The van der Waals surface area contributed by atoms with Gasteiger partial charge in [0, 0.05) is 27.9 Å². The van der Waals surface area contributed by atoms with Crippen LogP contribution in [0.15, 0.2) is 0 Å². The molecule has 0 rings (SSSR count). The van der Waals surface area contributed by atoms with E-state index >= 15 is 0 Å². The molecule has 52 heavy (non-hydrogen) atoms. The monoisotopic (exact) mass is 741 g/mol. The van der Waals surface area contributed by atoms with Gasteiger partial charge in [0.1, 0.15) is 18.8 Å². The molecule has 0 radical (unpaired) electrons. The molecule has 0 bridgehead atoms. The molecule has 2 unspecified atom stereocenters. The number of hydrogen-bond donors (Lipinski definition) is 1. The number of ether oxygens (including phenoxy) is 3. The zero-order valence-corrected chi connectivity index (χ0v) is 35.1. The predicted molar refractivity (Wildman–Crippen MR) is 220 cm³/mol. The van der Waals surface area contributed by atoms with Crippen LogP contribution in [-0.2, 0) is 28.6 Å². The summed E-state index contributed by atoms with van der Waals surface area (Å²) in [5.74, 6) is -0.0912. The lowest BCUT2D eigenvalue weighted by Gasteiger charge is -2.22. The molecule has 0 aromatic rings. The minimum atomic E-state index is -0.0616. The van der Waals surface area contributed by atoms with E-state index in [2.05, 4.69) is 37.9 Å². The number of carbonyl (C=O) groups is 3. The second-order valence-electron chi connectivity index (χ2n) is 15.2. The Morgan fingerprint density at radius 2 is 0.923 bits per heavy atom. The molecule has 0 saturated heterocycles. The summed E-state index contributed by atoms with van der Waals surface area (Å²) in [6.45, 7) is 12.7. The van der Waals surface area contributed by atoms with Crippen molar-refractivity contribution in [3.63, 3.8) is 0 Å². The summed E-state index contributed by atoms with van der Waals surface area (Å²) in [6, 6.07) is 0. The Bertz CT molecular complexity index is 817. The Balaban J connectivity index is 0. The van der Waals surface area contributed by atoms with Crippen LogP contribution in [0.2, 0.25) is 0 Å². The Morgan fingerprint density at radius 3 is 1.46 bits per heavy atom. The molecular formula is C44H88N2O6. The van der Waals surface area contributed by atoms with E-state index in [9.17, 15) is 14.4 Å². The maximum Gasteiger partial charge on any atom is 0.306 e. The molecule has 8 nitrogen and oxygen atoms in total. The lowest BCUT2D eigenvalue weighted by molar-refractivity contribution is -0.150. The SMILES string of the molecule is CCCCCCCC(CC)OC(=O)CCCCCCCN(CCCCCCCC(=O)OC(CCCCC)CCCCCC)CCCNC(=O)COC.[HH]. The number of unbranched alkanes of at least 4 members (excludes halogenated alkanes) is 17. The molecule has 0 saturated carbocycles. The number of hydrogen-bond acceptors (Lipinski definition) is 7. The van der Waals surface area contributed by atoms with E-state index in [-0.39, 0.29) is 38.1 Å². The standard InChI is InChI=1S/C44H86N2O6.H2/c1-6-10-13-17-24-30-40(9-4)51-43(48)33-25-18-15-20-27-36-46(38-29-35-45-42(47)39-50-5)37-28-21-16-19-26-34-44(49)52-41(31-22-12-8-3)32-23-14-11-7-2;/h40-41H,6-39H2,1-5H3,(H,45,47);1H. The van der Waals surface area contributed by atoms with Crippen molar-refractivity contribution in [2.24, 2.45) is 0 Å². The topological polar surface area (TPSA) is 94.2 Å². The lowest BCUT2D eigenvalue weighted by Crippen LogP contribution is -2.32. The molecule has 0 aromatic heterocycles. The fourth-order valence-corrected chi connectivity index (χ4v) is 6.81. The van der Waals surface area contributed by atoms with Gasteiger partial charge in [-0.1, -0.05) is 124 Å². The number of rotatable bonds is 40. The van der Waals surface area contributed by atoms with Gasteiger partial charge in [-0.15, -0.1) is 0 Å². The summed E-state index contributed by atoms with van der Waals surface area (Å²) in [6.07, 6.45) is 31.7. The summed E-state index contributed by atoms with van der Waals surface area (Å²) in [7, 11) is 1.54. The second-order valence-corrected chi connectivity index (χ2v) is 15.2. The van der Waals surface area contributed by atoms with E-state index in [0.29, 0.717) is 19.4 Å². The van der Waals surface area contributed by atoms with Crippen molar-refractivity contribution in [3.8, 4) is 0 Å². The Morgan fingerprint density at radius 1 is 0.519 bits per heavy atom. The van der Waals surface area contributed by atoms with Crippen LogP contribution >= 0.6 is 0 Å². The quantitative estimate of drug-likeness (QED) is 0.0494. The molecule has 0 aromatic carbocycles. The van der Waals surface area contributed by atoms with Crippen LogP contribution in [0.3, 0.4) is 0 Å². The molecule has 1 N–H and O–H groups in total. The summed E-state index contributed by atoms with van der Waals surface area (Å²) >= 11 is 0. The third kappa shape index (κ3) is 34.1. The van der Waals surface area contributed by atoms with E-state index in [1.807, 2.05) is 0 Å². The van der Waals surface area contributed by atoms with Crippen LogP contribution < -0.4 is 5.32 Å². The average molecular weight is 741 g/mol. The van der Waals surface area contributed by atoms with Gasteiger partial charge in [0.15, 0.2) is 0 Å². The largest absolute Gasteiger partial charge is 0.462 e. The zero-order valence-electron chi connectivity index (χ0n) is 35.1. The second kappa shape index (κ2) is 39.0. The first-order chi connectivity index (χ1) is 25.4. The van der Waals surface area contributed by atoms with Crippen LogP contribution in [0.5, 0.6) is 0 Å². The van der Waals surface area contributed by atoms with E-state index in [1.165, 1.54) is 70.6 Å².